The molecule has 2 fully saturated rings. The minimum atomic E-state index is -0.201. The third kappa shape index (κ3) is 4.29. The highest BCUT2D eigenvalue weighted by Gasteiger charge is 2.39. The number of halogens is 1. The van der Waals surface area contributed by atoms with Gasteiger partial charge in [0.1, 0.15) is 30.6 Å². The van der Waals surface area contributed by atoms with Crippen molar-refractivity contribution >= 4 is 17.5 Å². The number of amides is 1. The fourth-order valence-electron chi connectivity index (χ4n) is 3.38. The number of fused-ring (bicyclic) bond motifs is 1. The molecule has 0 unspecified atom stereocenters. The summed E-state index contributed by atoms with van der Waals surface area (Å²) < 4.78 is 19.4. The molecule has 4 heterocycles. The molecular weight excluding hydrogens is 384 g/mol. The second-order valence-electron chi connectivity index (χ2n) is 7.18. The molecule has 0 radical (unpaired) electrons. The monoisotopic (exact) mass is 406 g/mol. The van der Waals surface area contributed by atoms with Gasteiger partial charge in [0.25, 0.3) is 0 Å². The quantitative estimate of drug-likeness (QED) is 0.767. The van der Waals surface area contributed by atoms with Crippen molar-refractivity contribution in [2.45, 2.75) is 38.7 Å². The van der Waals surface area contributed by atoms with E-state index in [4.69, 9.17) is 25.8 Å². The van der Waals surface area contributed by atoms with Crippen molar-refractivity contribution < 1.29 is 19.0 Å². The van der Waals surface area contributed by atoms with Crippen LogP contribution in [-0.4, -0.2) is 70.2 Å². The molecule has 0 spiro atoms. The average Bonchev–Trinajstić information content (AvgIpc) is 3.16. The van der Waals surface area contributed by atoms with Gasteiger partial charge < -0.3 is 19.1 Å². The standard InChI is InChI=1S/C19H23ClN4O4/c1-12-3-4-14(5-21-12)28-15-10-26-17-7-23(8-18(17)27-11-15)19(25)9-24-6-16(20)13(2)22-24/h3-6,15,17-18H,7-11H2,1-2H3/t17-,18-/m0/s1. The highest BCUT2D eigenvalue weighted by Crippen LogP contribution is 2.22. The van der Waals surface area contributed by atoms with Gasteiger partial charge in [0.15, 0.2) is 0 Å². The van der Waals surface area contributed by atoms with Gasteiger partial charge in [0.05, 0.1) is 30.1 Å². The van der Waals surface area contributed by atoms with Crippen LogP contribution in [0.2, 0.25) is 5.02 Å². The van der Waals surface area contributed by atoms with Crippen LogP contribution < -0.4 is 4.74 Å². The topological polar surface area (TPSA) is 78.7 Å². The van der Waals surface area contributed by atoms with Crippen LogP contribution in [0.15, 0.2) is 24.5 Å². The first-order valence-corrected chi connectivity index (χ1v) is 9.65. The van der Waals surface area contributed by atoms with Crippen molar-refractivity contribution in [3.63, 3.8) is 0 Å². The maximum absolute atomic E-state index is 12.6. The Morgan fingerprint density at radius 3 is 2.54 bits per heavy atom. The predicted molar refractivity (Wildman–Crippen MR) is 101 cm³/mol. The molecular formula is C19H23ClN4O4. The van der Waals surface area contributed by atoms with Crippen LogP contribution in [0, 0.1) is 13.8 Å². The Kier molecular flexibility index (Phi) is 5.52. The third-order valence-electron chi connectivity index (χ3n) is 4.93. The first-order chi connectivity index (χ1) is 13.5. The van der Waals surface area contributed by atoms with Crippen LogP contribution in [0.1, 0.15) is 11.4 Å². The molecule has 28 heavy (non-hydrogen) atoms. The Morgan fingerprint density at radius 1 is 1.25 bits per heavy atom. The molecule has 2 aromatic rings. The molecule has 2 aliphatic rings. The number of hydrogen-bond acceptors (Lipinski definition) is 6. The largest absolute Gasteiger partial charge is 0.484 e. The van der Waals surface area contributed by atoms with Crippen LogP contribution in [0.3, 0.4) is 0 Å². The van der Waals surface area contributed by atoms with Crippen LogP contribution >= 0.6 is 11.6 Å². The van der Waals surface area contributed by atoms with E-state index in [2.05, 4.69) is 10.1 Å². The van der Waals surface area contributed by atoms with Crippen molar-refractivity contribution in [2.75, 3.05) is 26.3 Å². The molecule has 2 aromatic heterocycles. The molecule has 2 saturated heterocycles. The number of nitrogens with zero attached hydrogens (tertiary/aromatic N) is 4. The predicted octanol–water partition coefficient (Wildman–Crippen LogP) is 1.62. The van der Waals surface area contributed by atoms with Crippen molar-refractivity contribution in [3.8, 4) is 5.75 Å². The Balaban J connectivity index is 1.30. The number of ether oxygens (including phenoxy) is 3. The van der Waals surface area contributed by atoms with E-state index in [1.165, 1.54) is 0 Å². The van der Waals surface area contributed by atoms with E-state index >= 15 is 0 Å². The molecule has 150 valence electrons. The van der Waals surface area contributed by atoms with Gasteiger partial charge >= 0.3 is 0 Å². The summed E-state index contributed by atoms with van der Waals surface area (Å²) in [6.07, 6.45) is 2.85. The fourth-order valence-corrected chi connectivity index (χ4v) is 3.53. The number of hydrogen-bond donors (Lipinski definition) is 0. The normalized spacial score (nSPS) is 22.8. The lowest BCUT2D eigenvalue weighted by molar-refractivity contribution is -0.132. The molecule has 1 amide bonds. The van der Waals surface area contributed by atoms with Crippen molar-refractivity contribution in [2.24, 2.45) is 0 Å². The van der Waals surface area contributed by atoms with Crippen molar-refractivity contribution in [3.05, 3.63) is 40.9 Å². The van der Waals surface area contributed by atoms with Crippen molar-refractivity contribution in [1.29, 1.82) is 0 Å². The van der Waals surface area contributed by atoms with Gasteiger partial charge in [-0.1, -0.05) is 11.6 Å². The average molecular weight is 407 g/mol. The molecule has 0 saturated carbocycles. The minimum absolute atomic E-state index is 0.0297. The van der Waals surface area contributed by atoms with Gasteiger partial charge in [0, 0.05) is 25.0 Å². The second kappa shape index (κ2) is 8.06. The second-order valence-corrected chi connectivity index (χ2v) is 7.58. The number of carbonyl (C=O) groups is 1. The molecule has 2 atom stereocenters. The molecule has 0 N–H and O–H groups in total. The zero-order chi connectivity index (χ0) is 19.7. The summed E-state index contributed by atoms with van der Waals surface area (Å²) >= 11 is 6.01. The zero-order valence-corrected chi connectivity index (χ0v) is 16.6. The van der Waals surface area contributed by atoms with Crippen LogP contribution in [0.25, 0.3) is 0 Å². The van der Waals surface area contributed by atoms with Gasteiger partial charge in [-0.15, -0.1) is 0 Å². The number of aryl methyl sites for hydroxylation is 2. The number of likely N-dealkylation sites (tertiary alicyclic amines) is 1. The Morgan fingerprint density at radius 2 is 1.96 bits per heavy atom. The highest BCUT2D eigenvalue weighted by molar-refractivity contribution is 6.31. The highest BCUT2D eigenvalue weighted by atomic mass is 35.5. The van der Waals surface area contributed by atoms with Gasteiger partial charge in [-0.2, -0.15) is 5.10 Å². The van der Waals surface area contributed by atoms with E-state index < -0.39 is 0 Å². The summed E-state index contributed by atoms with van der Waals surface area (Å²) in [6, 6.07) is 3.79. The third-order valence-corrected chi connectivity index (χ3v) is 5.30. The Hall–Kier alpha value is -2.16. The zero-order valence-electron chi connectivity index (χ0n) is 15.9. The molecule has 4 rings (SSSR count). The molecule has 9 heteroatoms. The maximum atomic E-state index is 12.6. The summed E-state index contributed by atoms with van der Waals surface area (Å²) in [5, 5.41) is 4.79. The summed E-state index contributed by atoms with van der Waals surface area (Å²) in [5.74, 6) is 0.665. The van der Waals surface area contributed by atoms with Crippen LogP contribution in [0.5, 0.6) is 5.75 Å². The van der Waals surface area contributed by atoms with E-state index in [1.54, 1.807) is 22.0 Å². The first-order valence-electron chi connectivity index (χ1n) is 9.28. The van der Waals surface area contributed by atoms with Crippen LogP contribution in [-0.2, 0) is 20.8 Å². The number of carbonyl (C=O) groups excluding carboxylic acids is 1. The van der Waals surface area contributed by atoms with Crippen LogP contribution in [0.4, 0.5) is 0 Å². The summed E-state index contributed by atoms with van der Waals surface area (Å²) in [6.45, 7) is 5.70. The Bertz CT molecular complexity index is 805. The summed E-state index contributed by atoms with van der Waals surface area (Å²) in [7, 11) is 0. The Labute approximate surface area is 168 Å². The smallest absolute Gasteiger partial charge is 0.244 e. The molecule has 2 aliphatic heterocycles. The van der Waals surface area contributed by atoms with E-state index in [1.807, 2.05) is 26.0 Å². The number of aromatic nitrogens is 3. The number of pyridine rings is 1. The molecule has 0 bridgehead atoms. The molecule has 0 aliphatic carbocycles. The SMILES string of the molecule is Cc1ccc(OC2CO[C@H]3CN(C(=O)Cn4cc(Cl)c(C)n4)C[C@@H]3OC2)cn1. The number of rotatable bonds is 4. The lowest BCUT2D eigenvalue weighted by Crippen LogP contribution is -2.35. The lowest BCUT2D eigenvalue weighted by atomic mass is 10.3. The van der Waals surface area contributed by atoms with Crippen molar-refractivity contribution in [1.82, 2.24) is 19.7 Å². The summed E-state index contributed by atoms with van der Waals surface area (Å²) in [5.41, 5.74) is 1.65. The first kappa shape index (κ1) is 19.2. The van der Waals surface area contributed by atoms with Gasteiger partial charge in [0.2, 0.25) is 5.91 Å². The van der Waals surface area contributed by atoms with Gasteiger partial charge in [-0.25, -0.2) is 0 Å². The minimum Gasteiger partial charge on any atom is -0.484 e. The molecule has 0 aromatic carbocycles. The van der Waals surface area contributed by atoms with E-state index in [0.29, 0.717) is 42.8 Å². The summed E-state index contributed by atoms with van der Waals surface area (Å²) in [4.78, 5) is 18.6. The lowest BCUT2D eigenvalue weighted by Gasteiger charge is -2.19. The van der Waals surface area contributed by atoms with E-state index in [-0.39, 0.29) is 30.8 Å². The van der Waals surface area contributed by atoms with E-state index in [0.717, 1.165) is 5.69 Å². The maximum Gasteiger partial charge on any atom is 0.244 e. The van der Waals surface area contributed by atoms with E-state index in [9.17, 15) is 4.79 Å². The van der Waals surface area contributed by atoms with Gasteiger partial charge in [-0.05, 0) is 26.0 Å². The fraction of sp³-hybridized carbons (Fsp3) is 0.526. The van der Waals surface area contributed by atoms with Gasteiger partial charge in [-0.3, -0.25) is 14.5 Å². The molecule has 8 nitrogen and oxygen atoms in total.